The van der Waals surface area contributed by atoms with Gasteiger partial charge in [0.1, 0.15) is 0 Å². The molecule has 2 nitrogen and oxygen atoms in total. The van der Waals surface area contributed by atoms with Gasteiger partial charge in [0.05, 0.1) is 0 Å². The van der Waals surface area contributed by atoms with Crippen LogP contribution in [0, 0.1) is 22.7 Å². The van der Waals surface area contributed by atoms with Gasteiger partial charge in [-0.25, -0.2) is 0 Å². The molecular weight excluding hydrogens is 256 g/mol. The molecule has 0 bridgehead atoms. The number of nitrogens with zero attached hydrogens (tertiary/aromatic N) is 1. The maximum absolute atomic E-state index is 5.79. The Labute approximate surface area is 133 Å². The summed E-state index contributed by atoms with van der Waals surface area (Å²) in [5.41, 5.74) is 6.68. The Morgan fingerprint density at radius 2 is 1.57 bits per heavy atom. The minimum Gasteiger partial charge on any atom is -0.330 e. The summed E-state index contributed by atoms with van der Waals surface area (Å²) in [6.45, 7) is 19.0. The molecule has 0 spiro atoms. The summed E-state index contributed by atoms with van der Waals surface area (Å²) in [6.07, 6.45) is 6.61. The third-order valence-electron chi connectivity index (χ3n) is 5.58. The van der Waals surface area contributed by atoms with Crippen molar-refractivity contribution < 1.29 is 0 Å². The molecule has 0 aromatic heterocycles. The number of rotatable bonds is 6. The van der Waals surface area contributed by atoms with Crippen LogP contribution in [0.5, 0.6) is 0 Å². The normalized spacial score (nSPS) is 20.7. The highest BCUT2D eigenvalue weighted by Crippen LogP contribution is 2.35. The third kappa shape index (κ3) is 6.69. The van der Waals surface area contributed by atoms with Crippen molar-refractivity contribution in [3.05, 3.63) is 0 Å². The zero-order valence-corrected chi connectivity index (χ0v) is 15.5. The van der Waals surface area contributed by atoms with Crippen molar-refractivity contribution in [2.75, 3.05) is 26.2 Å². The van der Waals surface area contributed by atoms with E-state index < -0.39 is 0 Å². The molecule has 21 heavy (non-hydrogen) atoms. The molecule has 1 saturated heterocycles. The molecule has 0 saturated carbocycles. The lowest BCUT2D eigenvalue weighted by molar-refractivity contribution is 0.107. The Kier molecular flexibility index (Phi) is 7.19. The largest absolute Gasteiger partial charge is 0.330 e. The molecule has 1 aliphatic rings. The van der Waals surface area contributed by atoms with Crippen molar-refractivity contribution in [2.24, 2.45) is 28.4 Å². The van der Waals surface area contributed by atoms with E-state index in [0.29, 0.717) is 10.8 Å². The summed E-state index contributed by atoms with van der Waals surface area (Å²) in [4.78, 5) is 2.68. The van der Waals surface area contributed by atoms with Crippen molar-refractivity contribution >= 4 is 0 Å². The number of hydrogen-bond acceptors (Lipinski definition) is 2. The lowest BCUT2D eigenvalue weighted by Gasteiger charge is -2.39. The summed E-state index contributed by atoms with van der Waals surface area (Å²) in [5, 5.41) is 0. The first-order valence-corrected chi connectivity index (χ1v) is 9.07. The smallest absolute Gasteiger partial charge is 0.00159 e. The van der Waals surface area contributed by atoms with Crippen LogP contribution in [0.2, 0.25) is 0 Å². The monoisotopic (exact) mass is 296 g/mol. The van der Waals surface area contributed by atoms with Gasteiger partial charge in [0.25, 0.3) is 0 Å². The van der Waals surface area contributed by atoms with Gasteiger partial charge in [-0.2, -0.15) is 0 Å². The summed E-state index contributed by atoms with van der Waals surface area (Å²) in [7, 11) is 0. The predicted octanol–water partition coefficient (Wildman–Crippen LogP) is 4.54. The van der Waals surface area contributed by atoms with E-state index in [1.807, 2.05) is 0 Å². The highest BCUT2D eigenvalue weighted by molar-refractivity contribution is 4.81. The molecule has 0 amide bonds. The summed E-state index contributed by atoms with van der Waals surface area (Å²) < 4.78 is 0. The number of piperidine rings is 1. The lowest BCUT2D eigenvalue weighted by Crippen LogP contribution is -2.38. The van der Waals surface area contributed by atoms with Crippen molar-refractivity contribution in [1.82, 2.24) is 4.90 Å². The van der Waals surface area contributed by atoms with E-state index in [1.165, 1.54) is 51.7 Å². The predicted molar refractivity (Wildman–Crippen MR) is 94.5 cm³/mol. The first kappa shape index (κ1) is 19.0. The second-order valence-electron chi connectivity index (χ2n) is 9.26. The van der Waals surface area contributed by atoms with Crippen LogP contribution >= 0.6 is 0 Å². The average molecular weight is 297 g/mol. The second-order valence-corrected chi connectivity index (χ2v) is 9.26. The molecule has 0 radical (unpaired) electrons. The van der Waals surface area contributed by atoms with Gasteiger partial charge in [0, 0.05) is 0 Å². The Bertz CT molecular complexity index is 277. The number of nitrogens with two attached hydrogens (primary N) is 1. The molecule has 1 fully saturated rings. The SMILES string of the molecule is CC(C)(C)C(CCN)CCCN1CCC(C(C)(C)C)CC1. The van der Waals surface area contributed by atoms with Gasteiger partial charge in [-0.1, -0.05) is 41.5 Å². The number of likely N-dealkylation sites (tertiary alicyclic amines) is 1. The van der Waals surface area contributed by atoms with Crippen LogP contribution in [0.3, 0.4) is 0 Å². The molecule has 1 heterocycles. The standard InChI is InChI=1S/C19H40N2/c1-18(2,3)16(9-12-20)8-7-13-21-14-10-17(11-15-21)19(4,5)6/h16-17H,7-15,20H2,1-6H3. The quantitative estimate of drug-likeness (QED) is 0.780. The molecule has 2 heteroatoms. The van der Waals surface area contributed by atoms with Crippen molar-refractivity contribution in [2.45, 2.75) is 73.6 Å². The zero-order valence-electron chi connectivity index (χ0n) is 15.5. The maximum Gasteiger partial charge on any atom is -0.00159 e. The Morgan fingerprint density at radius 1 is 1.00 bits per heavy atom. The molecule has 0 aromatic carbocycles. The average Bonchev–Trinajstić information content (AvgIpc) is 2.36. The van der Waals surface area contributed by atoms with E-state index >= 15 is 0 Å². The van der Waals surface area contributed by atoms with Crippen LogP contribution < -0.4 is 5.73 Å². The Balaban J connectivity index is 2.28. The van der Waals surface area contributed by atoms with Crippen LogP contribution in [-0.2, 0) is 0 Å². The molecule has 126 valence electrons. The summed E-state index contributed by atoms with van der Waals surface area (Å²) in [6, 6.07) is 0. The zero-order chi connectivity index (χ0) is 16.1. The van der Waals surface area contributed by atoms with Gasteiger partial charge < -0.3 is 10.6 Å². The minimum atomic E-state index is 0.401. The molecule has 0 aromatic rings. The molecule has 1 aliphatic heterocycles. The highest BCUT2D eigenvalue weighted by atomic mass is 15.1. The summed E-state index contributed by atoms with van der Waals surface area (Å²) in [5.74, 6) is 1.68. The van der Waals surface area contributed by atoms with Crippen LogP contribution in [0.1, 0.15) is 73.6 Å². The van der Waals surface area contributed by atoms with Gasteiger partial charge in [0.15, 0.2) is 0 Å². The van der Waals surface area contributed by atoms with Crippen LogP contribution in [-0.4, -0.2) is 31.1 Å². The van der Waals surface area contributed by atoms with E-state index in [-0.39, 0.29) is 0 Å². The molecule has 1 unspecified atom stereocenters. The summed E-state index contributed by atoms with van der Waals surface area (Å²) >= 11 is 0. The Hall–Kier alpha value is -0.0800. The maximum atomic E-state index is 5.79. The fourth-order valence-corrected chi connectivity index (χ4v) is 3.80. The topological polar surface area (TPSA) is 29.3 Å². The number of hydrogen-bond donors (Lipinski definition) is 1. The molecular formula is C19H40N2. The lowest BCUT2D eigenvalue weighted by atomic mass is 9.75. The minimum absolute atomic E-state index is 0.401. The van der Waals surface area contributed by atoms with E-state index in [2.05, 4.69) is 46.4 Å². The molecule has 2 N–H and O–H groups in total. The van der Waals surface area contributed by atoms with Gasteiger partial charge in [0.2, 0.25) is 0 Å². The van der Waals surface area contributed by atoms with Crippen LogP contribution in [0.4, 0.5) is 0 Å². The first-order valence-electron chi connectivity index (χ1n) is 9.07. The third-order valence-corrected chi connectivity index (χ3v) is 5.58. The molecule has 1 atom stereocenters. The molecule has 0 aliphatic carbocycles. The van der Waals surface area contributed by atoms with E-state index in [1.54, 1.807) is 0 Å². The van der Waals surface area contributed by atoms with Crippen molar-refractivity contribution in [3.8, 4) is 0 Å². The fraction of sp³-hybridized carbons (Fsp3) is 1.00. The highest BCUT2D eigenvalue weighted by Gasteiger charge is 2.29. The second kappa shape index (κ2) is 7.97. The van der Waals surface area contributed by atoms with Crippen LogP contribution in [0.25, 0.3) is 0 Å². The van der Waals surface area contributed by atoms with E-state index in [0.717, 1.165) is 18.4 Å². The van der Waals surface area contributed by atoms with Gasteiger partial charge in [-0.3, -0.25) is 0 Å². The van der Waals surface area contributed by atoms with Crippen molar-refractivity contribution in [1.29, 1.82) is 0 Å². The van der Waals surface area contributed by atoms with Gasteiger partial charge >= 0.3 is 0 Å². The van der Waals surface area contributed by atoms with Gasteiger partial charge in [-0.15, -0.1) is 0 Å². The van der Waals surface area contributed by atoms with E-state index in [4.69, 9.17) is 5.73 Å². The fourth-order valence-electron chi connectivity index (χ4n) is 3.80. The van der Waals surface area contributed by atoms with Gasteiger partial charge in [-0.05, 0) is 80.9 Å². The Morgan fingerprint density at radius 3 is 2.00 bits per heavy atom. The van der Waals surface area contributed by atoms with Crippen LogP contribution in [0.15, 0.2) is 0 Å². The van der Waals surface area contributed by atoms with E-state index in [9.17, 15) is 0 Å². The molecule has 1 rings (SSSR count). The van der Waals surface area contributed by atoms with Crippen molar-refractivity contribution in [3.63, 3.8) is 0 Å². The first-order chi connectivity index (χ1) is 9.64.